The largest absolute Gasteiger partial charge is 0.310 e. The summed E-state index contributed by atoms with van der Waals surface area (Å²) in [4.78, 5) is 2.40. The summed E-state index contributed by atoms with van der Waals surface area (Å²) in [5.41, 5.74) is 18.6. The van der Waals surface area contributed by atoms with Crippen molar-refractivity contribution in [1.82, 2.24) is 0 Å². The van der Waals surface area contributed by atoms with Crippen molar-refractivity contribution in [2.75, 3.05) is 4.90 Å². The molecule has 0 fully saturated rings. The van der Waals surface area contributed by atoms with Gasteiger partial charge in [-0.3, -0.25) is 0 Å². The molecule has 0 amide bonds. The van der Waals surface area contributed by atoms with E-state index in [1.165, 1.54) is 66.8 Å². The van der Waals surface area contributed by atoms with Crippen LogP contribution < -0.4 is 4.90 Å². The maximum absolute atomic E-state index is 2.41. The van der Waals surface area contributed by atoms with Gasteiger partial charge in [-0.05, 0) is 103 Å². The van der Waals surface area contributed by atoms with Crippen molar-refractivity contribution in [1.29, 1.82) is 0 Å². The zero-order valence-corrected chi connectivity index (χ0v) is 30.0. The summed E-state index contributed by atoms with van der Waals surface area (Å²) in [7, 11) is 0. The van der Waals surface area contributed by atoms with E-state index in [1.54, 1.807) is 0 Å². The summed E-state index contributed by atoms with van der Waals surface area (Å²) in [6.07, 6.45) is 0. The first-order chi connectivity index (χ1) is 26.0. The Hall–Kier alpha value is -6.44. The van der Waals surface area contributed by atoms with E-state index in [9.17, 15) is 0 Å². The standard InChI is InChI=1S/C52H39N/c1-51(2)47-25-12-9-22-43(47)46-33-32-42(35-50(46)51)53(40-19-7-4-8-20-40)41-21-15-16-37(34-41)36-28-30-39(31-29-36)52(38-17-5-3-6-18-38)48-26-13-10-23-44(48)45-24-11-14-27-49(45)52/h3-35H,1-2H3. The average Bonchev–Trinajstić information content (AvgIpc) is 3.65. The van der Waals surface area contributed by atoms with E-state index in [0.29, 0.717) is 0 Å². The molecule has 0 N–H and O–H groups in total. The molecule has 53 heavy (non-hydrogen) atoms. The van der Waals surface area contributed by atoms with Gasteiger partial charge < -0.3 is 4.90 Å². The van der Waals surface area contributed by atoms with E-state index in [1.807, 2.05) is 0 Å². The molecule has 1 nitrogen and oxygen atoms in total. The molecule has 0 unspecified atom stereocenters. The highest BCUT2D eigenvalue weighted by Gasteiger charge is 2.45. The Bertz CT molecular complexity index is 2590. The van der Waals surface area contributed by atoms with Crippen LogP contribution in [0.2, 0.25) is 0 Å². The molecule has 1 heteroatoms. The molecule has 0 spiro atoms. The maximum Gasteiger partial charge on any atom is 0.0713 e. The summed E-state index contributed by atoms with van der Waals surface area (Å²) >= 11 is 0. The number of benzene rings is 8. The second-order valence-corrected chi connectivity index (χ2v) is 14.9. The molecule has 0 saturated heterocycles. The second-order valence-electron chi connectivity index (χ2n) is 14.9. The summed E-state index contributed by atoms with van der Waals surface area (Å²) in [6, 6.07) is 73.8. The molecule has 252 valence electrons. The van der Waals surface area contributed by atoms with Crippen molar-refractivity contribution in [2.45, 2.75) is 24.7 Å². The van der Waals surface area contributed by atoms with Crippen molar-refractivity contribution < 1.29 is 0 Å². The van der Waals surface area contributed by atoms with Crippen LogP contribution in [0.3, 0.4) is 0 Å². The number of fused-ring (bicyclic) bond motifs is 6. The monoisotopic (exact) mass is 677 g/mol. The van der Waals surface area contributed by atoms with Crippen molar-refractivity contribution in [2.24, 2.45) is 0 Å². The minimum absolute atomic E-state index is 0.0780. The van der Waals surface area contributed by atoms with Crippen LogP contribution in [-0.2, 0) is 10.8 Å². The van der Waals surface area contributed by atoms with Crippen molar-refractivity contribution in [3.05, 3.63) is 234 Å². The highest BCUT2D eigenvalue weighted by atomic mass is 15.1. The Kier molecular flexibility index (Phi) is 7.13. The van der Waals surface area contributed by atoms with Gasteiger partial charge in [0.25, 0.3) is 0 Å². The van der Waals surface area contributed by atoms with Gasteiger partial charge in [0.15, 0.2) is 0 Å². The highest BCUT2D eigenvalue weighted by molar-refractivity contribution is 5.88. The molecule has 0 bridgehead atoms. The van der Waals surface area contributed by atoms with Gasteiger partial charge in [-0.1, -0.05) is 178 Å². The number of anilines is 3. The van der Waals surface area contributed by atoms with Gasteiger partial charge in [-0.15, -0.1) is 0 Å². The van der Waals surface area contributed by atoms with E-state index in [-0.39, 0.29) is 5.41 Å². The molecular formula is C52H39N. The molecule has 0 aromatic heterocycles. The maximum atomic E-state index is 2.41. The molecule has 8 aromatic rings. The molecule has 10 rings (SSSR count). The molecule has 0 atom stereocenters. The lowest BCUT2D eigenvalue weighted by Gasteiger charge is -2.34. The fourth-order valence-electron chi connectivity index (χ4n) is 9.30. The molecule has 0 radical (unpaired) electrons. The fraction of sp³-hybridized carbons (Fsp3) is 0.0769. The van der Waals surface area contributed by atoms with Crippen LogP contribution in [0.5, 0.6) is 0 Å². The van der Waals surface area contributed by atoms with Crippen molar-refractivity contribution in [3.63, 3.8) is 0 Å². The van der Waals surface area contributed by atoms with E-state index < -0.39 is 5.41 Å². The molecule has 0 saturated carbocycles. The number of rotatable bonds is 6. The van der Waals surface area contributed by atoms with Crippen molar-refractivity contribution >= 4 is 17.1 Å². The van der Waals surface area contributed by atoms with Gasteiger partial charge in [0.1, 0.15) is 0 Å². The minimum Gasteiger partial charge on any atom is -0.310 e. The third-order valence-electron chi connectivity index (χ3n) is 11.8. The zero-order chi connectivity index (χ0) is 35.6. The lowest BCUT2D eigenvalue weighted by atomic mass is 9.67. The Morgan fingerprint density at radius 1 is 0.321 bits per heavy atom. The van der Waals surface area contributed by atoms with Crippen LogP contribution in [0.25, 0.3) is 33.4 Å². The van der Waals surface area contributed by atoms with Gasteiger partial charge in [0.05, 0.1) is 5.41 Å². The summed E-state index contributed by atoms with van der Waals surface area (Å²) in [5, 5.41) is 0. The smallest absolute Gasteiger partial charge is 0.0713 e. The molecular weight excluding hydrogens is 639 g/mol. The normalized spacial score (nSPS) is 14.2. The first kappa shape index (κ1) is 31.3. The van der Waals surface area contributed by atoms with Gasteiger partial charge in [0, 0.05) is 22.5 Å². The number of nitrogens with zero attached hydrogens (tertiary/aromatic N) is 1. The van der Waals surface area contributed by atoms with E-state index in [2.05, 4.69) is 219 Å². The summed E-state index contributed by atoms with van der Waals surface area (Å²) in [5.74, 6) is 0. The quantitative estimate of drug-likeness (QED) is 0.169. The molecule has 2 aliphatic carbocycles. The number of para-hydroxylation sites is 1. The first-order valence-electron chi connectivity index (χ1n) is 18.6. The van der Waals surface area contributed by atoms with Gasteiger partial charge >= 0.3 is 0 Å². The van der Waals surface area contributed by atoms with Crippen LogP contribution in [0, 0.1) is 0 Å². The topological polar surface area (TPSA) is 3.24 Å². The van der Waals surface area contributed by atoms with Crippen LogP contribution >= 0.6 is 0 Å². The highest BCUT2D eigenvalue weighted by Crippen LogP contribution is 2.56. The first-order valence-corrected chi connectivity index (χ1v) is 18.6. The van der Waals surface area contributed by atoms with E-state index in [0.717, 1.165) is 17.1 Å². The lowest BCUT2D eigenvalue weighted by Crippen LogP contribution is -2.28. The average molecular weight is 678 g/mol. The van der Waals surface area contributed by atoms with Gasteiger partial charge in [-0.25, -0.2) is 0 Å². The Morgan fingerprint density at radius 3 is 1.47 bits per heavy atom. The molecule has 0 heterocycles. The third-order valence-corrected chi connectivity index (χ3v) is 11.8. The molecule has 0 aliphatic heterocycles. The zero-order valence-electron chi connectivity index (χ0n) is 30.0. The van der Waals surface area contributed by atoms with E-state index >= 15 is 0 Å². The summed E-state index contributed by atoms with van der Waals surface area (Å²) < 4.78 is 0. The van der Waals surface area contributed by atoms with Crippen LogP contribution in [0.1, 0.15) is 47.2 Å². The minimum atomic E-state index is -0.403. The van der Waals surface area contributed by atoms with Crippen LogP contribution in [0.4, 0.5) is 17.1 Å². The van der Waals surface area contributed by atoms with E-state index in [4.69, 9.17) is 0 Å². The lowest BCUT2D eigenvalue weighted by molar-refractivity contribution is 0.660. The van der Waals surface area contributed by atoms with Gasteiger partial charge in [-0.2, -0.15) is 0 Å². The van der Waals surface area contributed by atoms with Gasteiger partial charge in [0.2, 0.25) is 0 Å². The summed E-state index contributed by atoms with van der Waals surface area (Å²) in [6.45, 7) is 4.70. The van der Waals surface area contributed by atoms with Crippen LogP contribution in [-0.4, -0.2) is 0 Å². The Balaban J connectivity index is 1.08. The van der Waals surface area contributed by atoms with Crippen molar-refractivity contribution in [3.8, 4) is 33.4 Å². The molecule has 8 aromatic carbocycles. The SMILES string of the molecule is CC1(C)c2ccccc2-c2ccc(N(c3ccccc3)c3cccc(-c4ccc(C5(c6ccccc6)c6ccccc6-c6ccccc65)cc4)c3)cc21. The Morgan fingerprint density at radius 2 is 0.811 bits per heavy atom. The van der Waals surface area contributed by atoms with Crippen LogP contribution in [0.15, 0.2) is 200 Å². The molecule has 2 aliphatic rings. The fourth-order valence-corrected chi connectivity index (χ4v) is 9.30. The third kappa shape index (κ3) is 4.70. The second kappa shape index (κ2) is 12.1. The Labute approximate surface area is 312 Å². The number of hydrogen-bond donors (Lipinski definition) is 0. The predicted molar refractivity (Wildman–Crippen MR) is 221 cm³/mol. The number of hydrogen-bond acceptors (Lipinski definition) is 1. The predicted octanol–water partition coefficient (Wildman–Crippen LogP) is 13.5.